The minimum Gasteiger partial charge on any atom is -0.351 e. The number of imidazole rings is 1. The molecule has 1 aromatic carbocycles. The number of benzene rings is 1. The molecule has 0 aliphatic carbocycles. The summed E-state index contributed by atoms with van der Waals surface area (Å²) in [6.45, 7) is 4.02. The molecule has 0 unspecified atom stereocenters. The minimum absolute atomic E-state index is 0.125. The minimum atomic E-state index is -0.756. The summed E-state index contributed by atoms with van der Waals surface area (Å²) >= 11 is 0. The Labute approximate surface area is 145 Å². The summed E-state index contributed by atoms with van der Waals surface area (Å²) in [5.41, 5.74) is 0.940. The summed E-state index contributed by atoms with van der Waals surface area (Å²) in [7, 11) is 0. The van der Waals surface area contributed by atoms with E-state index in [0.29, 0.717) is 6.54 Å². The van der Waals surface area contributed by atoms with E-state index in [-0.39, 0.29) is 11.7 Å². The van der Waals surface area contributed by atoms with E-state index in [0.717, 1.165) is 16.9 Å². The molecular formula is C19H19FN4O. The molecule has 0 aliphatic rings. The van der Waals surface area contributed by atoms with E-state index in [1.807, 2.05) is 32.2 Å². The maximum absolute atomic E-state index is 13.1. The number of rotatable bonds is 5. The van der Waals surface area contributed by atoms with Gasteiger partial charge in [0.05, 0.1) is 5.41 Å². The maximum atomic E-state index is 13.1. The number of aromatic nitrogens is 3. The van der Waals surface area contributed by atoms with Crippen LogP contribution in [0, 0.1) is 5.82 Å². The van der Waals surface area contributed by atoms with Gasteiger partial charge in [0.1, 0.15) is 18.0 Å². The van der Waals surface area contributed by atoms with E-state index in [1.165, 1.54) is 12.1 Å². The summed E-state index contributed by atoms with van der Waals surface area (Å²) in [6, 6.07) is 9.75. The van der Waals surface area contributed by atoms with Gasteiger partial charge in [0.25, 0.3) is 0 Å². The van der Waals surface area contributed by atoms with E-state index in [1.54, 1.807) is 35.4 Å². The molecule has 1 N–H and O–H groups in total. The number of hydrogen-bond acceptors (Lipinski definition) is 3. The lowest BCUT2D eigenvalue weighted by atomic mass is 9.83. The number of nitrogens with one attached hydrogen (secondary N) is 1. The molecule has 2 heterocycles. The zero-order chi connectivity index (χ0) is 17.9. The normalized spacial score (nSPS) is 11.3. The van der Waals surface area contributed by atoms with Gasteiger partial charge in [-0.3, -0.25) is 9.36 Å². The Morgan fingerprint density at radius 2 is 1.96 bits per heavy atom. The van der Waals surface area contributed by atoms with Crippen molar-refractivity contribution in [1.29, 1.82) is 0 Å². The third-order valence-electron chi connectivity index (χ3n) is 4.17. The SMILES string of the molecule is CC(C)(C(=O)NCc1ccnc(-n2ccnc2)c1)c1ccc(F)cc1. The average Bonchev–Trinajstić information content (AvgIpc) is 3.15. The number of hydrogen-bond donors (Lipinski definition) is 1. The lowest BCUT2D eigenvalue weighted by Crippen LogP contribution is -2.39. The standard InChI is InChI=1S/C19H19FN4O/c1-19(2,15-3-5-16(20)6-4-15)18(25)23-12-14-7-8-22-17(11-14)24-10-9-21-13-24/h3-11,13H,12H2,1-2H3,(H,23,25). The van der Waals surface area contributed by atoms with E-state index >= 15 is 0 Å². The molecule has 0 saturated heterocycles. The predicted molar refractivity (Wildman–Crippen MR) is 92.6 cm³/mol. The first kappa shape index (κ1) is 16.8. The van der Waals surface area contributed by atoms with Crippen molar-refractivity contribution in [2.75, 3.05) is 0 Å². The van der Waals surface area contributed by atoms with Gasteiger partial charge in [-0.2, -0.15) is 0 Å². The smallest absolute Gasteiger partial charge is 0.230 e. The molecule has 0 aliphatic heterocycles. The lowest BCUT2D eigenvalue weighted by Gasteiger charge is -2.24. The van der Waals surface area contributed by atoms with E-state index in [4.69, 9.17) is 0 Å². The van der Waals surface area contributed by atoms with Crippen molar-refractivity contribution in [1.82, 2.24) is 19.9 Å². The summed E-state index contributed by atoms with van der Waals surface area (Å²) < 4.78 is 14.9. The molecule has 2 aromatic heterocycles. The zero-order valence-corrected chi connectivity index (χ0v) is 14.1. The quantitative estimate of drug-likeness (QED) is 0.778. The van der Waals surface area contributed by atoms with Crippen LogP contribution in [-0.4, -0.2) is 20.4 Å². The highest BCUT2D eigenvalue weighted by Crippen LogP contribution is 2.23. The van der Waals surface area contributed by atoms with Crippen LogP contribution in [0.15, 0.2) is 61.3 Å². The number of pyridine rings is 1. The van der Waals surface area contributed by atoms with Crippen LogP contribution in [0.3, 0.4) is 0 Å². The molecule has 1 amide bonds. The summed E-state index contributed by atoms with van der Waals surface area (Å²) in [4.78, 5) is 20.9. The van der Waals surface area contributed by atoms with E-state index in [2.05, 4.69) is 15.3 Å². The molecular weight excluding hydrogens is 319 g/mol. The first-order valence-electron chi connectivity index (χ1n) is 7.94. The Bertz CT molecular complexity index is 857. The summed E-state index contributed by atoms with van der Waals surface area (Å²) in [5.74, 6) is 0.297. The average molecular weight is 338 g/mol. The van der Waals surface area contributed by atoms with Crippen molar-refractivity contribution in [3.8, 4) is 5.82 Å². The second kappa shape index (κ2) is 6.84. The first-order valence-corrected chi connectivity index (χ1v) is 7.94. The monoisotopic (exact) mass is 338 g/mol. The Morgan fingerprint density at radius 1 is 1.20 bits per heavy atom. The lowest BCUT2D eigenvalue weighted by molar-refractivity contribution is -0.125. The molecule has 3 rings (SSSR count). The fourth-order valence-electron chi connectivity index (χ4n) is 2.51. The number of carbonyl (C=O) groups excluding carboxylic acids is 1. The molecule has 0 saturated carbocycles. The highest BCUT2D eigenvalue weighted by atomic mass is 19.1. The third-order valence-corrected chi connectivity index (χ3v) is 4.17. The van der Waals surface area contributed by atoms with Crippen LogP contribution in [0.2, 0.25) is 0 Å². The van der Waals surface area contributed by atoms with E-state index < -0.39 is 5.41 Å². The Balaban J connectivity index is 1.69. The number of halogens is 1. The van der Waals surface area contributed by atoms with Crippen LogP contribution >= 0.6 is 0 Å². The van der Waals surface area contributed by atoms with Gasteiger partial charge in [0.2, 0.25) is 5.91 Å². The van der Waals surface area contributed by atoms with Gasteiger partial charge in [-0.25, -0.2) is 14.4 Å². The molecule has 0 atom stereocenters. The van der Waals surface area contributed by atoms with Crippen molar-refractivity contribution >= 4 is 5.91 Å². The van der Waals surface area contributed by atoms with Gasteiger partial charge in [-0.15, -0.1) is 0 Å². The number of nitrogens with zero attached hydrogens (tertiary/aromatic N) is 3. The molecule has 6 heteroatoms. The molecule has 25 heavy (non-hydrogen) atoms. The molecule has 0 spiro atoms. The third kappa shape index (κ3) is 3.74. The highest BCUT2D eigenvalue weighted by Gasteiger charge is 2.29. The Morgan fingerprint density at radius 3 is 2.64 bits per heavy atom. The van der Waals surface area contributed by atoms with Gasteiger partial charge in [0.15, 0.2) is 0 Å². The van der Waals surface area contributed by atoms with Crippen LogP contribution in [0.5, 0.6) is 0 Å². The van der Waals surface area contributed by atoms with Gasteiger partial charge in [-0.05, 0) is 49.2 Å². The van der Waals surface area contributed by atoms with Gasteiger partial charge >= 0.3 is 0 Å². The van der Waals surface area contributed by atoms with Crippen LogP contribution in [0.25, 0.3) is 5.82 Å². The second-order valence-electron chi connectivity index (χ2n) is 6.31. The first-order chi connectivity index (χ1) is 12.0. The maximum Gasteiger partial charge on any atom is 0.230 e. The largest absolute Gasteiger partial charge is 0.351 e. The van der Waals surface area contributed by atoms with Gasteiger partial charge < -0.3 is 5.32 Å². The topological polar surface area (TPSA) is 59.8 Å². The van der Waals surface area contributed by atoms with Crippen molar-refractivity contribution in [2.24, 2.45) is 0 Å². The number of carbonyl (C=O) groups is 1. The fourth-order valence-corrected chi connectivity index (χ4v) is 2.51. The second-order valence-corrected chi connectivity index (χ2v) is 6.31. The predicted octanol–water partition coefficient (Wildman–Crippen LogP) is 3.00. The highest BCUT2D eigenvalue weighted by molar-refractivity contribution is 5.87. The van der Waals surface area contributed by atoms with Crippen molar-refractivity contribution in [2.45, 2.75) is 25.8 Å². The van der Waals surface area contributed by atoms with Crippen molar-refractivity contribution in [3.05, 3.63) is 78.3 Å². The molecule has 3 aromatic rings. The van der Waals surface area contributed by atoms with Crippen LogP contribution in [0.1, 0.15) is 25.0 Å². The molecule has 0 bridgehead atoms. The van der Waals surface area contributed by atoms with Crippen LogP contribution in [-0.2, 0) is 16.8 Å². The Hall–Kier alpha value is -3.02. The molecule has 0 fully saturated rings. The van der Waals surface area contributed by atoms with Crippen LogP contribution in [0.4, 0.5) is 4.39 Å². The Kier molecular flexibility index (Phi) is 4.61. The van der Waals surface area contributed by atoms with Crippen molar-refractivity contribution in [3.63, 3.8) is 0 Å². The molecule has 128 valence electrons. The number of amides is 1. The van der Waals surface area contributed by atoms with Crippen molar-refractivity contribution < 1.29 is 9.18 Å². The molecule has 0 radical (unpaired) electrons. The summed E-state index contributed by atoms with van der Waals surface area (Å²) in [5, 5.41) is 2.94. The van der Waals surface area contributed by atoms with Gasteiger partial charge in [0, 0.05) is 25.1 Å². The zero-order valence-electron chi connectivity index (χ0n) is 14.1. The fraction of sp³-hybridized carbons (Fsp3) is 0.211. The van der Waals surface area contributed by atoms with E-state index in [9.17, 15) is 9.18 Å². The summed E-state index contributed by atoms with van der Waals surface area (Å²) in [6.07, 6.45) is 6.86. The molecule has 5 nitrogen and oxygen atoms in total. The van der Waals surface area contributed by atoms with Crippen LogP contribution < -0.4 is 5.32 Å². The van der Waals surface area contributed by atoms with Gasteiger partial charge in [-0.1, -0.05) is 12.1 Å².